The summed E-state index contributed by atoms with van der Waals surface area (Å²) in [5, 5.41) is 10.1. The van der Waals surface area contributed by atoms with E-state index in [1.807, 2.05) is 0 Å². The number of halogens is 7. The Hall–Kier alpha value is -3.87. The van der Waals surface area contributed by atoms with Gasteiger partial charge in [-0.2, -0.15) is 26.3 Å². The van der Waals surface area contributed by atoms with Crippen LogP contribution < -0.4 is 10.9 Å². The number of alkyl halides is 6. The highest BCUT2D eigenvalue weighted by Gasteiger charge is 2.38. The number of aromatic nitrogens is 2. The molecule has 3 rings (SSSR count). The first kappa shape index (κ1) is 28.4. The second kappa shape index (κ2) is 11.2. The minimum Gasteiger partial charge on any atom is -0.475 e. The van der Waals surface area contributed by atoms with Crippen molar-refractivity contribution >= 4 is 23.5 Å². The number of rotatable bonds is 4. The standard InChI is InChI=1S/C20H15ClF3N3O2.C2HF3O2/c1-27-11-13(6-9-16(27)28)19(29)26-17(18-15(21)3-2-10-25-18)12-4-7-14(8-5-12)20(22,23)24;3-2(4,5)1(6)7/h2-11,17H,1H3,(H,26,29);(H,6,7). The molecule has 0 fully saturated rings. The lowest BCUT2D eigenvalue weighted by atomic mass is 10.0. The first-order valence-corrected chi connectivity index (χ1v) is 10.0. The van der Waals surface area contributed by atoms with Crippen LogP contribution in [-0.4, -0.2) is 32.7 Å². The van der Waals surface area contributed by atoms with E-state index in [4.69, 9.17) is 21.5 Å². The maximum Gasteiger partial charge on any atom is 0.490 e. The van der Waals surface area contributed by atoms with Crippen LogP contribution in [0.5, 0.6) is 0 Å². The van der Waals surface area contributed by atoms with Crippen LogP contribution in [0.25, 0.3) is 0 Å². The number of pyridine rings is 2. The third-order valence-electron chi connectivity index (χ3n) is 4.50. The lowest BCUT2D eigenvalue weighted by Crippen LogP contribution is -2.31. The van der Waals surface area contributed by atoms with Crippen molar-refractivity contribution in [3.8, 4) is 0 Å². The maximum atomic E-state index is 12.9. The van der Waals surface area contributed by atoms with Crippen LogP contribution in [0.4, 0.5) is 26.3 Å². The molecule has 2 aromatic heterocycles. The van der Waals surface area contributed by atoms with Crippen LogP contribution in [0.1, 0.15) is 33.2 Å². The van der Waals surface area contributed by atoms with Crippen molar-refractivity contribution < 1.29 is 41.0 Å². The third kappa shape index (κ3) is 7.57. The van der Waals surface area contributed by atoms with Crippen LogP contribution in [0, 0.1) is 0 Å². The van der Waals surface area contributed by atoms with Gasteiger partial charge in [-0.1, -0.05) is 23.7 Å². The van der Waals surface area contributed by atoms with Crippen LogP contribution in [0.15, 0.2) is 65.7 Å². The number of hydrogen-bond acceptors (Lipinski definition) is 4. The largest absolute Gasteiger partial charge is 0.490 e. The molecule has 0 radical (unpaired) electrons. The highest BCUT2D eigenvalue weighted by molar-refractivity contribution is 6.31. The number of carboxylic acid groups (broad SMARTS) is 1. The van der Waals surface area contributed by atoms with Crippen LogP contribution in [0.2, 0.25) is 5.02 Å². The molecule has 0 saturated carbocycles. The van der Waals surface area contributed by atoms with Gasteiger partial charge in [0.2, 0.25) is 5.56 Å². The molecule has 3 aromatic rings. The summed E-state index contributed by atoms with van der Waals surface area (Å²) in [6.45, 7) is 0. The number of amides is 1. The van der Waals surface area contributed by atoms with Gasteiger partial charge in [0.1, 0.15) is 0 Å². The van der Waals surface area contributed by atoms with Gasteiger partial charge in [-0.15, -0.1) is 0 Å². The van der Waals surface area contributed by atoms with Crippen molar-refractivity contribution in [1.29, 1.82) is 0 Å². The molecular formula is C22H16ClF6N3O4. The highest BCUT2D eigenvalue weighted by Crippen LogP contribution is 2.32. The quantitative estimate of drug-likeness (QED) is 0.475. The molecule has 7 nitrogen and oxygen atoms in total. The van der Waals surface area contributed by atoms with Gasteiger partial charge in [-0.3, -0.25) is 14.6 Å². The summed E-state index contributed by atoms with van der Waals surface area (Å²) in [4.78, 5) is 37.3. The molecule has 2 N–H and O–H groups in total. The SMILES string of the molecule is Cn1cc(C(=O)NC(c2ccc(C(F)(F)F)cc2)c2ncccc2Cl)ccc1=O.O=C(O)C(F)(F)F. The van der Waals surface area contributed by atoms with Gasteiger partial charge in [-0.05, 0) is 35.9 Å². The molecule has 0 spiro atoms. The molecule has 1 atom stereocenters. The first-order chi connectivity index (χ1) is 16.6. The minimum atomic E-state index is -5.08. The summed E-state index contributed by atoms with van der Waals surface area (Å²) in [6, 6.07) is 9.27. The van der Waals surface area contributed by atoms with E-state index in [-0.39, 0.29) is 21.8 Å². The van der Waals surface area contributed by atoms with E-state index in [9.17, 15) is 35.9 Å². The smallest absolute Gasteiger partial charge is 0.475 e. The Bertz CT molecular complexity index is 1290. The summed E-state index contributed by atoms with van der Waals surface area (Å²) < 4.78 is 71.6. The Kier molecular flexibility index (Phi) is 8.86. The van der Waals surface area contributed by atoms with Crippen molar-refractivity contribution in [2.75, 3.05) is 0 Å². The number of benzene rings is 1. The Morgan fingerprint density at radius 3 is 2.08 bits per heavy atom. The normalized spacial score (nSPS) is 12.2. The van der Waals surface area contributed by atoms with Crippen molar-refractivity contribution in [3.63, 3.8) is 0 Å². The average Bonchev–Trinajstić information content (AvgIpc) is 2.79. The number of aryl methyl sites for hydroxylation is 1. The third-order valence-corrected chi connectivity index (χ3v) is 4.82. The van der Waals surface area contributed by atoms with E-state index in [1.54, 1.807) is 12.1 Å². The molecule has 0 bridgehead atoms. The monoisotopic (exact) mass is 535 g/mol. The Morgan fingerprint density at radius 1 is 1.03 bits per heavy atom. The van der Waals surface area contributed by atoms with E-state index >= 15 is 0 Å². The van der Waals surface area contributed by atoms with Gasteiger partial charge in [0, 0.05) is 25.5 Å². The molecule has 192 valence electrons. The fourth-order valence-electron chi connectivity index (χ4n) is 2.73. The molecule has 1 amide bonds. The zero-order chi connectivity index (χ0) is 27.3. The summed E-state index contributed by atoms with van der Waals surface area (Å²) in [7, 11) is 1.50. The number of aliphatic carboxylic acids is 1. The van der Waals surface area contributed by atoms with Gasteiger partial charge in [0.15, 0.2) is 0 Å². The number of carbonyl (C=O) groups excluding carboxylic acids is 1. The lowest BCUT2D eigenvalue weighted by Gasteiger charge is -2.20. The van der Waals surface area contributed by atoms with Crippen molar-refractivity contribution in [2.45, 2.75) is 18.4 Å². The predicted octanol–water partition coefficient (Wildman–Crippen LogP) is 4.61. The molecule has 0 aliphatic rings. The minimum absolute atomic E-state index is 0.205. The fourth-order valence-corrected chi connectivity index (χ4v) is 2.96. The lowest BCUT2D eigenvalue weighted by molar-refractivity contribution is -0.192. The van der Waals surface area contributed by atoms with Gasteiger partial charge < -0.3 is 15.0 Å². The zero-order valence-corrected chi connectivity index (χ0v) is 18.8. The van der Waals surface area contributed by atoms with E-state index in [1.165, 1.54) is 48.3 Å². The topological polar surface area (TPSA) is 101 Å². The number of nitrogens with one attached hydrogen (secondary N) is 1. The van der Waals surface area contributed by atoms with Crippen molar-refractivity contribution in [3.05, 3.63) is 98.7 Å². The van der Waals surface area contributed by atoms with E-state index in [2.05, 4.69) is 10.3 Å². The molecule has 1 aromatic carbocycles. The molecular weight excluding hydrogens is 520 g/mol. The van der Waals surface area contributed by atoms with E-state index < -0.39 is 35.8 Å². The molecule has 0 aliphatic carbocycles. The number of carbonyl (C=O) groups is 2. The van der Waals surface area contributed by atoms with Crippen LogP contribution in [0.3, 0.4) is 0 Å². The fraction of sp³-hybridized carbons (Fsp3) is 0.182. The second-order valence-electron chi connectivity index (χ2n) is 7.07. The van der Waals surface area contributed by atoms with Gasteiger partial charge in [0.05, 0.1) is 27.9 Å². The number of hydrogen-bond donors (Lipinski definition) is 2. The molecule has 36 heavy (non-hydrogen) atoms. The molecule has 2 heterocycles. The van der Waals surface area contributed by atoms with Gasteiger partial charge in [-0.25, -0.2) is 4.79 Å². The van der Waals surface area contributed by atoms with Crippen molar-refractivity contribution in [1.82, 2.24) is 14.9 Å². The maximum absolute atomic E-state index is 12.9. The Balaban J connectivity index is 0.000000572. The summed E-state index contributed by atoms with van der Waals surface area (Å²) in [5.74, 6) is -3.29. The predicted molar refractivity (Wildman–Crippen MR) is 115 cm³/mol. The summed E-state index contributed by atoms with van der Waals surface area (Å²) in [5.41, 5.74) is -0.231. The van der Waals surface area contributed by atoms with Gasteiger partial charge in [0.25, 0.3) is 5.91 Å². The molecule has 0 aliphatic heterocycles. The Morgan fingerprint density at radius 2 is 1.61 bits per heavy atom. The van der Waals surface area contributed by atoms with Crippen molar-refractivity contribution in [2.24, 2.45) is 7.05 Å². The Labute approximate surface area is 204 Å². The number of nitrogens with zero attached hydrogens (tertiary/aromatic N) is 2. The highest BCUT2D eigenvalue weighted by atomic mass is 35.5. The summed E-state index contributed by atoms with van der Waals surface area (Å²) in [6.07, 6.45) is -6.73. The van der Waals surface area contributed by atoms with Crippen LogP contribution in [-0.2, 0) is 18.0 Å². The molecule has 0 saturated heterocycles. The molecule has 14 heteroatoms. The van der Waals surface area contributed by atoms with Crippen LogP contribution >= 0.6 is 11.6 Å². The second-order valence-corrected chi connectivity index (χ2v) is 7.47. The first-order valence-electron chi connectivity index (χ1n) is 9.66. The van der Waals surface area contributed by atoms with E-state index in [0.29, 0.717) is 5.56 Å². The molecule has 1 unspecified atom stereocenters. The number of carboxylic acids is 1. The average molecular weight is 536 g/mol. The van der Waals surface area contributed by atoms with E-state index in [0.717, 1.165) is 12.1 Å². The zero-order valence-electron chi connectivity index (χ0n) is 18.1. The van der Waals surface area contributed by atoms with Gasteiger partial charge >= 0.3 is 18.3 Å². The summed E-state index contributed by atoms with van der Waals surface area (Å²) >= 11 is 6.21.